The summed E-state index contributed by atoms with van der Waals surface area (Å²) in [6.45, 7) is 0.442. The highest BCUT2D eigenvalue weighted by Gasteiger charge is 2.29. The minimum absolute atomic E-state index is 0.0375. The van der Waals surface area contributed by atoms with Gasteiger partial charge in [-0.1, -0.05) is 0 Å². The summed E-state index contributed by atoms with van der Waals surface area (Å²) >= 11 is 0. The van der Waals surface area contributed by atoms with Gasteiger partial charge in [0.25, 0.3) is 0 Å². The Kier molecular flexibility index (Phi) is 4.39. The molecule has 0 saturated carbocycles. The van der Waals surface area contributed by atoms with Gasteiger partial charge in [0.05, 0.1) is 19.4 Å². The summed E-state index contributed by atoms with van der Waals surface area (Å²) in [4.78, 5) is 16.4. The summed E-state index contributed by atoms with van der Waals surface area (Å²) in [7, 11) is 1.30. The third kappa shape index (κ3) is 2.70. The highest BCUT2D eigenvalue weighted by Crippen LogP contribution is 2.14. The van der Waals surface area contributed by atoms with Gasteiger partial charge in [-0.25, -0.2) is 5.06 Å². The molecule has 1 rings (SSSR count). The molecule has 1 aliphatic heterocycles. The molecule has 1 radical (unpaired) electrons. The zero-order chi connectivity index (χ0) is 10.4. The van der Waals surface area contributed by atoms with Crippen molar-refractivity contribution >= 4 is 13.4 Å². The van der Waals surface area contributed by atoms with E-state index in [-0.39, 0.29) is 19.0 Å². The van der Waals surface area contributed by atoms with Crippen LogP contribution in [-0.2, 0) is 14.3 Å². The van der Waals surface area contributed by atoms with E-state index in [1.54, 1.807) is 0 Å². The smallest absolute Gasteiger partial charge is 0.303 e. The van der Waals surface area contributed by atoms with E-state index in [4.69, 9.17) is 20.5 Å². The zero-order valence-corrected chi connectivity index (χ0v) is 7.68. The molecule has 14 heavy (non-hydrogen) atoms. The summed E-state index contributed by atoms with van der Waals surface area (Å²) in [6.07, 6.45) is 0.620. The van der Waals surface area contributed by atoms with Crippen LogP contribution in [0.3, 0.4) is 0 Å². The number of nitrogens with two attached hydrogens (primary N) is 1. The zero-order valence-electron chi connectivity index (χ0n) is 7.68. The predicted octanol–water partition coefficient (Wildman–Crippen LogP) is -0.987. The summed E-state index contributed by atoms with van der Waals surface area (Å²) in [6, 6.07) is 1.51. The molecule has 6 nitrogen and oxygen atoms in total. The topological polar surface area (TPSA) is 88.6 Å². The molecule has 0 bridgehead atoms. The number of nitriles is 1. The third-order valence-electron chi connectivity index (χ3n) is 1.77. The predicted molar refractivity (Wildman–Crippen MR) is 47.5 cm³/mol. The first-order valence-corrected chi connectivity index (χ1v) is 4.27. The molecule has 0 aliphatic carbocycles. The van der Waals surface area contributed by atoms with Crippen molar-refractivity contribution < 1.29 is 14.3 Å². The first-order chi connectivity index (χ1) is 6.79. The van der Waals surface area contributed by atoms with Gasteiger partial charge in [0, 0.05) is 12.7 Å². The molecule has 7 heteroatoms. The monoisotopic (exact) mass is 196 g/mol. The van der Waals surface area contributed by atoms with Crippen molar-refractivity contribution in [1.82, 2.24) is 5.06 Å². The maximum absolute atomic E-state index is 11.4. The summed E-state index contributed by atoms with van der Waals surface area (Å²) < 4.78 is 4.70. The Labute approximate surface area is 82.8 Å². The Morgan fingerprint density at radius 2 is 2.64 bits per heavy atom. The van der Waals surface area contributed by atoms with Crippen molar-refractivity contribution in [2.45, 2.75) is 18.8 Å². The molecule has 0 aromatic rings. The molecular formula is C7H11BN3O3. The largest absolute Gasteiger partial charge is 0.428 e. The van der Waals surface area contributed by atoms with Crippen LogP contribution in [0.4, 0.5) is 0 Å². The van der Waals surface area contributed by atoms with E-state index in [9.17, 15) is 4.79 Å². The minimum Gasteiger partial charge on any atom is -0.428 e. The van der Waals surface area contributed by atoms with Gasteiger partial charge in [-0.3, -0.25) is 9.63 Å². The van der Waals surface area contributed by atoms with E-state index in [1.165, 1.54) is 7.48 Å². The number of carbonyl (C=O) groups is 1. The van der Waals surface area contributed by atoms with Crippen LogP contribution in [0.15, 0.2) is 0 Å². The number of amides is 1. The fourth-order valence-corrected chi connectivity index (χ4v) is 1.12. The molecule has 1 heterocycles. The van der Waals surface area contributed by atoms with E-state index < -0.39 is 6.04 Å². The van der Waals surface area contributed by atoms with Crippen LogP contribution < -0.4 is 5.73 Å². The van der Waals surface area contributed by atoms with Crippen LogP contribution >= 0.6 is 0 Å². The van der Waals surface area contributed by atoms with Crippen molar-refractivity contribution in [3.05, 3.63) is 0 Å². The number of carbonyl (C=O) groups excluding carboxylic acids is 1. The summed E-state index contributed by atoms with van der Waals surface area (Å²) in [5.41, 5.74) is 5.06. The van der Waals surface area contributed by atoms with Gasteiger partial charge >= 0.3 is 7.48 Å². The van der Waals surface area contributed by atoms with Crippen LogP contribution in [0.25, 0.3) is 0 Å². The van der Waals surface area contributed by atoms with Crippen LogP contribution in [-0.4, -0.2) is 37.8 Å². The van der Waals surface area contributed by atoms with Crippen molar-refractivity contribution in [2.75, 3.05) is 13.3 Å². The Balaban J connectivity index is 2.33. The molecule has 75 valence electrons. The first kappa shape index (κ1) is 11.0. The van der Waals surface area contributed by atoms with Crippen molar-refractivity contribution in [2.24, 2.45) is 5.73 Å². The van der Waals surface area contributed by atoms with Gasteiger partial charge in [0.1, 0.15) is 6.04 Å². The van der Waals surface area contributed by atoms with Crippen molar-refractivity contribution in [3.8, 4) is 6.07 Å². The standard InChI is InChI=1S/C7H11BN3O3/c9-4-6-1-2-14-11(6)7(12)3-8-13-5-10/h6H,1-3,5,10H2. The van der Waals surface area contributed by atoms with Crippen LogP contribution in [0.2, 0.25) is 6.32 Å². The highest BCUT2D eigenvalue weighted by molar-refractivity contribution is 6.34. The maximum atomic E-state index is 11.4. The van der Waals surface area contributed by atoms with Crippen LogP contribution in [0, 0.1) is 11.3 Å². The van der Waals surface area contributed by atoms with Gasteiger partial charge < -0.3 is 10.4 Å². The molecule has 1 atom stereocenters. The molecule has 1 aliphatic rings. The lowest BCUT2D eigenvalue weighted by atomic mass is 9.94. The first-order valence-electron chi connectivity index (χ1n) is 4.27. The lowest BCUT2D eigenvalue weighted by Gasteiger charge is -2.16. The van der Waals surface area contributed by atoms with E-state index >= 15 is 0 Å². The maximum Gasteiger partial charge on any atom is 0.303 e. The van der Waals surface area contributed by atoms with Crippen molar-refractivity contribution in [3.63, 3.8) is 0 Å². The molecule has 2 N–H and O–H groups in total. The Morgan fingerprint density at radius 1 is 1.86 bits per heavy atom. The fraction of sp³-hybridized carbons (Fsp3) is 0.714. The summed E-state index contributed by atoms with van der Waals surface area (Å²) in [5.74, 6) is -0.289. The van der Waals surface area contributed by atoms with Crippen molar-refractivity contribution in [1.29, 1.82) is 5.26 Å². The Hall–Kier alpha value is -1.10. The normalized spacial score (nSPS) is 20.6. The molecule has 0 aromatic carbocycles. The number of nitrogens with zero attached hydrogens (tertiary/aromatic N) is 2. The molecule has 1 saturated heterocycles. The number of hydroxylamine groups is 2. The molecule has 1 unspecified atom stereocenters. The summed E-state index contributed by atoms with van der Waals surface area (Å²) in [5, 5.41) is 9.77. The van der Waals surface area contributed by atoms with E-state index in [0.29, 0.717) is 13.0 Å². The second-order valence-electron chi connectivity index (χ2n) is 2.69. The Morgan fingerprint density at radius 3 is 3.29 bits per heavy atom. The average Bonchev–Trinajstić information content (AvgIpc) is 2.65. The van der Waals surface area contributed by atoms with E-state index in [1.807, 2.05) is 6.07 Å². The highest BCUT2D eigenvalue weighted by atomic mass is 16.7. The van der Waals surface area contributed by atoms with Crippen LogP contribution in [0.5, 0.6) is 0 Å². The lowest BCUT2D eigenvalue weighted by Crippen LogP contribution is -2.34. The molecule has 0 aromatic heterocycles. The second-order valence-corrected chi connectivity index (χ2v) is 2.69. The number of rotatable bonds is 4. The van der Waals surface area contributed by atoms with E-state index in [0.717, 1.165) is 5.06 Å². The minimum atomic E-state index is -0.478. The molecular weight excluding hydrogens is 185 g/mol. The molecule has 1 amide bonds. The van der Waals surface area contributed by atoms with Gasteiger partial charge in [-0.15, -0.1) is 0 Å². The molecule has 1 fully saturated rings. The molecule has 0 spiro atoms. The number of hydrogen-bond donors (Lipinski definition) is 1. The third-order valence-corrected chi connectivity index (χ3v) is 1.77. The van der Waals surface area contributed by atoms with Gasteiger partial charge in [0.15, 0.2) is 0 Å². The van der Waals surface area contributed by atoms with E-state index in [2.05, 4.69) is 0 Å². The Bertz CT molecular complexity index is 243. The number of hydrogen-bond acceptors (Lipinski definition) is 5. The van der Waals surface area contributed by atoms with Gasteiger partial charge in [-0.2, -0.15) is 5.26 Å². The van der Waals surface area contributed by atoms with Gasteiger partial charge in [0.2, 0.25) is 5.91 Å². The fourth-order valence-electron chi connectivity index (χ4n) is 1.12. The van der Waals surface area contributed by atoms with Crippen LogP contribution in [0.1, 0.15) is 6.42 Å². The average molecular weight is 196 g/mol. The SMILES string of the molecule is N#CC1CCON1C(=O)C[B]OCN. The lowest BCUT2D eigenvalue weighted by molar-refractivity contribution is -0.170. The quantitative estimate of drug-likeness (QED) is 0.354. The second kappa shape index (κ2) is 5.60. The van der Waals surface area contributed by atoms with Gasteiger partial charge in [-0.05, 0) is 0 Å².